The second-order valence-electron chi connectivity index (χ2n) is 5.15. The standard InChI is InChI=1S/C14H22N2O2S/c1-3-11-7-8-16(10-11)19(17,18)14-9-13(15)6-5-12(14)4-2/h5-6,9,11H,3-4,7-8,10,15H2,1-2H3. The Morgan fingerprint density at radius 2 is 2.11 bits per heavy atom. The van der Waals surface area contributed by atoms with Crippen LogP contribution in [-0.4, -0.2) is 25.8 Å². The smallest absolute Gasteiger partial charge is 0.243 e. The molecule has 4 nitrogen and oxygen atoms in total. The lowest BCUT2D eigenvalue weighted by atomic mass is 10.1. The molecule has 1 aromatic rings. The van der Waals surface area contributed by atoms with Gasteiger partial charge in [0, 0.05) is 18.8 Å². The van der Waals surface area contributed by atoms with E-state index in [0.717, 1.165) is 18.4 Å². The average molecular weight is 282 g/mol. The molecule has 1 aromatic carbocycles. The Hall–Kier alpha value is -1.07. The summed E-state index contributed by atoms with van der Waals surface area (Å²) in [7, 11) is -3.39. The predicted molar refractivity (Wildman–Crippen MR) is 77.4 cm³/mol. The van der Waals surface area contributed by atoms with Gasteiger partial charge in [0.05, 0.1) is 4.90 Å². The fraction of sp³-hybridized carbons (Fsp3) is 0.571. The number of hydrogen-bond acceptors (Lipinski definition) is 3. The second kappa shape index (κ2) is 5.51. The third kappa shape index (κ3) is 2.77. The third-order valence-electron chi connectivity index (χ3n) is 3.92. The number of aryl methyl sites for hydroxylation is 1. The molecular weight excluding hydrogens is 260 g/mol. The van der Waals surface area contributed by atoms with Gasteiger partial charge in [-0.25, -0.2) is 8.42 Å². The zero-order valence-electron chi connectivity index (χ0n) is 11.6. The minimum absolute atomic E-state index is 0.381. The Morgan fingerprint density at radius 3 is 2.68 bits per heavy atom. The lowest BCUT2D eigenvalue weighted by Gasteiger charge is -2.19. The summed E-state index contributed by atoms with van der Waals surface area (Å²) in [5.74, 6) is 0.487. The zero-order valence-corrected chi connectivity index (χ0v) is 12.4. The Labute approximate surface area is 115 Å². The minimum Gasteiger partial charge on any atom is -0.399 e. The highest BCUT2D eigenvalue weighted by Crippen LogP contribution is 2.29. The van der Waals surface area contributed by atoms with Crippen LogP contribution < -0.4 is 5.73 Å². The van der Waals surface area contributed by atoms with Crippen molar-refractivity contribution < 1.29 is 8.42 Å². The molecule has 0 aliphatic carbocycles. The highest BCUT2D eigenvalue weighted by atomic mass is 32.2. The minimum atomic E-state index is -3.39. The van der Waals surface area contributed by atoms with Crippen LogP contribution in [0.25, 0.3) is 0 Å². The maximum Gasteiger partial charge on any atom is 0.243 e. The Kier molecular flexibility index (Phi) is 4.16. The maximum atomic E-state index is 12.7. The van der Waals surface area contributed by atoms with Crippen LogP contribution in [-0.2, 0) is 16.4 Å². The van der Waals surface area contributed by atoms with Gasteiger partial charge in [0.2, 0.25) is 10.0 Å². The van der Waals surface area contributed by atoms with Crippen molar-refractivity contribution in [2.75, 3.05) is 18.8 Å². The van der Waals surface area contributed by atoms with E-state index in [1.54, 1.807) is 16.4 Å². The quantitative estimate of drug-likeness (QED) is 0.862. The highest BCUT2D eigenvalue weighted by molar-refractivity contribution is 7.89. The molecule has 2 N–H and O–H groups in total. The Bertz CT molecular complexity index is 555. The Morgan fingerprint density at radius 1 is 1.37 bits per heavy atom. The molecule has 106 valence electrons. The van der Waals surface area contributed by atoms with Crippen molar-refractivity contribution in [3.63, 3.8) is 0 Å². The molecule has 0 saturated carbocycles. The second-order valence-corrected chi connectivity index (χ2v) is 7.05. The van der Waals surface area contributed by atoms with Gasteiger partial charge in [-0.2, -0.15) is 4.31 Å². The van der Waals surface area contributed by atoms with Crippen molar-refractivity contribution in [2.24, 2.45) is 5.92 Å². The third-order valence-corrected chi connectivity index (χ3v) is 5.86. The molecule has 2 rings (SSSR count). The SMILES string of the molecule is CCc1ccc(N)cc1S(=O)(=O)N1CCC(CC)C1. The molecule has 1 aliphatic heterocycles. The van der Waals surface area contributed by atoms with Crippen LogP contribution in [0, 0.1) is 5.92 Å². The normalized spacial score (nSPS) is 20.8. The predicted octanol–water partition coefficient (Wildman–Crippen LogP) is 2.25. The summed E-state index contributed by atoms with van der Waals surface area (Å²) in [6, 6.07) is 5.17. The van der Waals surface area contributed by atoms with E-state index in [1.165, 1.54) is 0 Å². The Balaban J connectivity index is 2.37. The molecule has 0 aromatic heterocycles. The van der Waals surface area contributed by atoms with E-state index in [-0.39, 0.29) is 0 Å². The molecule has 1 fully saturated rings. The van der Waals surface area contributed by atoms with Crippen LogP contribution in [0.15, 0.2) is 23.1 Å². The molecule has 1 aliphatic rings. The van der Waals surface area contributed by atoms with Crippen LogP contribution in [0.2, 0.25) is 0 Å². The van der Waals surface area contributed by atoms with E-state index in [9.17, 15) is 8.42 Å². The molecule has 19 heavy (non-hydrogen) atoms. The van der Waals surface area contributed by atoms with Crippen molar-refractivity contribution in [3.05, 3.63) is 23.8 Å². The number of anilines is 1. The molecule has 1 unspecified atom stereocenters. The maximum absolute atomic E-state index is 12.7. The summed E-state index contributed by atoms with van der Waals surface area (Å²) in [6.45, 7) is 5.33. The lowest BCUT2D eigenvalue weighted by Crippen LogP contribution is -2.29. The molecule has 1 saturated heterocycles. The first-order chi connectivity index (χ1) is 8.98. The van der Waals surface area contributed by atoms with Gasteiger partial charge in [0.25, 0.3) is 0 Å². The van der Waals surface area contributed by atoms with Gasteiger partial charge in [-0.15, -0.1) is 0 Å². The molecular formula is C14H22N2O2S. The number of hydrogen-bond donors (Lipinski definition) is 1. The number of nitrogens with two attached hydrogens (primary N) is 1. The topological polar surface area (TPSA) is 63.4 Å². The molecule has 0 radical (unpaired) electrons. The van der Waals surface area contributed by atoms with E-state index in [0.29, 0.717) is 36.0 Å². The van der Waals surface area contributed by atoms with Gasteiger partial charge in [-0.1, -0.05) is 26.3 Å². The van der Waals surface area contributed by atoms with Gasteiger partial charge in [-0.05, 0) is 36.5 Å². The molecule has 0 amide bonds. The number of rotatable bonds is 4. The van der Waals surface area contributed by atoms with Crippen LogP contribution in [0.1, 0.15) is 32.3 Å². The summed E-state index contributed by atoms with van der Waals surface area (Å²) in [6.07, 6.45) is 2.68. The molecule has 5 heteroatoms. The van der Waals surface area contributed by atoms with E-state index in [4.69, 9.17) is 5.73 Å². The molecule has 0 bridgehead atoms. The van der Waals surface area contributed by atoms with Crippen LogP contribution in [0.3, 0.4) is 0 Å². The summed E-state index contributed by atoms with van der Waals surface area (Å²) < 4.78 is 27.0. The van der Waals surface area contributed by atoms with E-state index in [1.807, 2.05) is 13.0 Å². The van der Waals surface area contributed by atoms with Crippen molar-refractivity contribution in [3.8, 4) is 0 Å². The first-order valence-corrected chi connectivity index (χ1v) is 8.31. The van der Waals surface area contributed by atoms with E-state index >= 15 is 0 Å². The van der Waals surface area contributed by atoms with E-state index < -0.39 is 10.0 Å². The van der Waals surface area contributed by atoms with Gasteiger partial charge in [0.1, 0.15) is 0 Å². The number of sulfonamides is 1. The van der Waals surface area contributed by atoms with E-state index in [2.05, 4.69) is 6.92 Å². The van der Waals surface area contributed by atoms with Crippen molar-refractivity contribution in [1.29, 1.82) is 0 Å². The highest BCUT2D eigenvalue weighted by Gasteiger charge is 2.32. The zero-order chi connectivity index (χ0) is 14.0. The monoisotopic (exact) mass is 282 g/mol. The van der Waals surface area contributed by atoms with Crippen molar-refractivity contribution in [1.82, 2.24) is 4.31 Å². The summed E-state index contributed by atoms with van der Waals surface area (Å²) >= 11 is 0. The first-order valence-electron chi connectivity index (χ1n) is 6.87. The summed E-state index contributed by atoms with van der Waals surface area (Å²) in [5, 5.41) is 0. The number of benzene rings is 1. The molecule has 1 heterocycles. The lowest BCUT2D eigenvalue weighted by molar-refractivity contribution is 0.452. The largest absolute Gasteiger partial charge is 0.399 e. The van der Waals surface area contributed by atoms with Crippen LogP contribution in [0.4, 0.5) is 5.69 Å². The van der Waals surface area contributed by atoms with Crippen molar-refractivity contribution >= 4 is 15.7 Å². The van der Waals surface area contributed by atoms with Gasteiger partial charge < -0.3 is 5.73 Å². The van der Waals surface area contributed by atoms with Crippen LogP contribution in [0.5, 0.6) is 0 Å². The van der Waals surface area contributed by atoms with Crippen molar-refractivity contribution in [2.45, 2.75) is 38.0 Å². The summed E-state index contributed by atoms with van der Waals surface area (Å²) in [4.78, 5) is 0.381. The van der Waals surface area contributed by atoms with Gasteiger partial charge in [-0.3, -0.25) is 0 Å². The average Bonchev–Trinajstić information content (AvgIpc) is 2.88. The fourth-order valence-corrected chi connectivity index (χ4v) is 4.45. The summed E-state index contributed by atoms with van der Waals surface area (Å²) in [5.41, 5.74) is 7.09. The van der Waals surface area contributed by atoms with Gasteiger partial charge >= 0.3 is 0 Å². The molecule has 0 spiro atoms. The van der Waals surface area contributed by atoms with Crippen LogP contribution >= 0.6 is 0 Å². The number of nitrogen functional groups attached to an aromatic ring is 1. The number of nitrogens with zero attached hydrogens (tertiary/aromatic N) is 1. The first kappa shape index (κ1) is 14.3. The van der Waals surface area contributed by atoms with Gasteiger partial charge in [0.15, 0.2) is 0 Å². The fourth-order valence-electron chi connectivity index (χ4n) is 2.59. The molecule has 1 atom stereocenters.